The highest BCUT2D eigenvalue weighted by Crippen LogP contribution is 2.49. The molecule has 2 N–H and O–H groups in total. The minimum atomic E-state index is -4.78. The molecule has 330 valence electrons. The van der Waals surface area contributed by atoms with Gasteiger partial charge >= 0.3 is 6.18 Å². The standard InChI is InChI=1S/C49H47ClF3N7O4/c1-30-24-40(59(27-32-11-17-35(62-5)18-12-32)28-33-13-19-36(63-6)20-14-33)58-44(42(30)49(51,52)53)37-25-39-41-45(43(37)50)56-29-57-47(41)60(22-23-64-39)48(2,3)38-8-7-21-54-46(38)55-26-31-9-15-34(61-4)16-10-31/h7-25,56H,26-29H2,1-6H3,(H,54,55). The molecule has 64 heavy (non-hydrogen) atoms. The molecule has 0 saturated carbocycles. The van der Waals surface area contributed by atoms with Crippen molar-refractivity contribution in [1.29, 1.82) is 0 Å². The summed E-state index contributed by atoms with van der Waals surface area (Å²) < 4.78 is 68.2. The number of benzene rings is 4. The van der Waals surface area contributed by atoms with Crippen molar-refractivity contribution in [3.05, 3.63) is 160 Å². The number of aliphatic imine (C=N–C) groups is 1. The number of aromatic nitrogens is 2. The molecule has 0 unspecified atom stereocenters. The van der Waals surface area contributed by atoms with Crippen LogP contribution in [-0.4, -0.2) is 48.7 Å². The van der Waals surface area contributed by atoms with E-state index in [1.54, 1.807) is 33.7 Å². The fourth-order valence-corrected chi connectivity index (χ4v) is 8.34. The fourth-order valence-electron chi connectivity index (χ4n) is 8.03. The number of rotatable bonds is 14. The zero-order valence-electron chi connectivity index (χ0n) is 36.2. The van der Waals surface area contributed by atoms with Crippen molar-refractivity contribution in [1.82, 2.24) is 14.9 Å². The molecule has 11 nitrogen and oxygen atoms in total. The molecule has 2 aliphatic rings. The third-order valence-electron chi connectivity index (χ3n) is 11.4. The van der Waals surface area contributed by atoms with Gasteiger partial charge in [-0.1, -0.05) is 54.1 Å². The molecule has 0 bridgehead atoms. The molecule has 6 aromatic rings. The van der Waals surface area contributed by atoms with Crippen molar-refractivity contribution in [2.45, 2.75) is 52.1 Å². The van der Waals surface area contributed by atoms with E-state index in [9.17, 15) is 0 Å². The first-order chi connectivity index (χ1) is 30.8. The van der Waals surface area contributed by atoms with E-state index in [0.29, 0.717) is 59.9 Å². The quantitative estimate of drug-likeness (QED) is 0.110. The molecule has 8 rings (SSSR count). The van der Waals surface area contributed by atoms with E-state index in [1.807, 2.05) is 109 Å². The second-order valence-electron chi connectivity index (χ2n) is 15.8. The summed E-state index contributed by atoms with van der Waals surface area (Å²) in [4.78, 5) is 18.3. The first-order valence-corrected chi connectivity index (χ1v) is 20.9. The summed E-state index contributed by atoms with van der Waals surface area (Å²) in [6.07, 6.45) is 0.217. The molecule has 0 amide bonds. The monoisotopic (exact) mass is 889 g/mol. The Labute approximate surface area is 375 Å². The lowest BCUT2D eigenvalue weighted by atomic mass is 9.90. The maximum atomic E-state index is 15.3. The van der Waals surface area contributed by atoms with Crippen LogP contribution in [0.15, 0.2) is 121 Å². The van der Waals surface area contributed by atoms with Crippen LogP contribution in [0.5, 0.6) is 23.0 Å². The minimum absolute atomic E-state index is 0.0153. The molecular formula is C49H47ClF3N7O4. The number of amidine groups is 1. The number of pyridine rings is 2. The molecule has 0 atom stereocenters. The lowest BCUT2D eigenvalue weighted by molar-refractivity contribution is -0.137. The van der Waals surface area contributed by atoms with Gasteiger partial charge in [0.25, 0.3) is 0 Å². The van der Waals surface area contributed by atoms with Crippen LogP contribution < -0.4 is 34.5 Å². The lowest BCUT2D eigenvalue weighted by Gasteiger charge is -2.40. The minimum Gasteiger partial charge on any atom is -0.497 e. The summed E-state index contributed by atoms with van der Waals surface area (Å²) in [5.41, 5.74) is 2.59. The first kappa shape index (κ1) is 43.7. The van der Waals surface area contributed by atoms with Gasteiger partial charge in [-0.3, -0.25) is 0 Å². The van der Waals surface area contributed by atoms with Crippen molar-refractivity contribution in [2.75, 3.05) is 43.5 Å². The first-order valence-electron chi connectivity index (χ1n) is 20.5. The highest BCUT2D eigenvalue weighted by molar-refractivity contribution is 6.37. The van der Waals surface area contributed by atoms with Gasteiger partial charge < -0.3 is 39.4 Å². The van der Waals surface area contributed by atoms with Gasteiger partial charge in [-0.25, -0.2) is 15.0 Å². The highest BCUT2D eigenvalue weighted by Gasteiger charge is 2.41. The maximum absolute atomic E-state index is 15.3. The van der Waals surface area contributed by atoms with E-state index in [0.717, 1.165) is 28.0 Å². The molecular weight excluding hydrogens is 843 g/mol. The average molecular weight is 890 g/mol. The van der Waals surface area contributed by atoms with Gasteiger partial charge in [-0.15, -0.1) is 0 Å². The Morgan fingerprint density at radius 1 is 0.844 bits per heavy atom. The van der Waals surface area contributed by atoms with Crippen LogP contribution in [0.25, 0.3) is 11.3 Å². The van der Waals surface area contributed by atoms with Gasteiger partial charge in [0.1, 0.15) is 53.4 Å². The number of halogens is 4. The van der Waals surface area contributed by atoms with Gasteiger partial charge in [-0.05, 0) is 97.6 Å². The molecule has 15 heteroatoms. The molecule has 0 saturated heterocycles. The summed E-state index contributed by atoms with van der Waals surface area (Å²) in [5.74, 6) is 3.89. The van der Waals surface area contributed by atoms with Gasteiger partial charge in [-0.2, -0.15) is 13.2 Å². The summed E-state index contributed by atoms with van der Waals surface area (Å²) in [5, 5.41) is 6.78. The summed E-state index contributed by atoms with van der Waals surface area (Å²) >= 11 is 7.29. The Balaban J connectivity index is 1.19. The molecule has 0 spiro atoms. The third-order valence-corrected chi connectivity index (χ3v) is 11.8. The predicted octanol–water partition coefficient (Wildman–Crippen LogP) is 11.2. The van der Waals surface area contributed by atoms with Crippen LogP contribution in [-0.2, 0) is 31.3 Å². The Hall–Kier alpha value is -6.93. The Bertz CT molecular complexity index is 2660. The number of anilines is 3. The molecule has 4 aromatic carbocycles. The molecule has 0 fully saturated rings. The fraction of sp³-hybridized carbons (Fsp3) is 0.245. The number of alkyl halides is 3. The van der Waals surface area contributed by atoms with Crippen molar-refractivity contribution >= 4 is 34.8 Å². The van der Waals surface area contributed by atoms with Gasteiger partial charge in [0.15, 0.2) is 0 Å². The van der Waals surface area contributed by atoms with E-state index in [2.05, 4.69) is 10.6 Å². The summed E-state index contributed by atoms with van der Waals surface area (Å²) in [6.45, 7) is 6.77. The van der Waals surface area contributed by atoms with Crippen molar-refractivity contribution in [3.8, 4) is 34.3 Å². The van der Waals surface area contributed by atoms with Crippen molar-refractivity contribution in [3.63, 3.8) is 0 Å². The van der Waals surface area contributed by atoms with Crippen LogP contribution in [0.4, 0.5) is 30.5 Å². The molecule has 2 aromatic heterocycles. The SMILES string of the molecule is COc1ccc(CNc2ncccc2C(C)(C)N2C=COc3cc(-c4nc(N(Cc5ccc(OC)cc5)Cc5ccc(OC)cc5)cc(C)c4C(F)(F)F)c(Cl)c4c3C2=NCN4)cc1. The normalized spacial score (nSPS) is 13.2. The van der Waals surface area contributed by atoms with Crippen LogP contribution in [0.3, 0.4) is 0 Å². The van der Waals surface area contributed by atoms with E-state index < -0.39 is 17.3 Å². The number of hydrogen-bond donors (Lipinski definition) is 2. The highest BCUT2D eigenvalue weighted by atomic mass is 35.5. The predicted molar refractivity (Wildman–Crippen MR) is 245 cm³/mol. The maximum Gasteiger partial charge on any atom is 0.418 e. The Morgan fingerprint density at radius 2 is 1.44 bits per heavy atom. The van der Waals surface area contributed by atoms with E-state index in [4.69, 9.17) is 45.5 Å². The van der Waals surface area contributed by atoms with E-state index in [1.165, 1.54) is 25.3 Å². The van der Waals surface area contributed by atoms with Crippen molar-refractivity contribution < 1.29 is 32.1 Å². The van der Waals surface area contributed by atoms with E-state index in [-0.39, 0.29) is 34.3 Å². The van der Waals surface area contributed by atoms with E-state index >= 15 is 13.2 Å². The number of ether oxygens (including phenoxy) is 4. The Morgan fingerprint density at radius 3 is 2.02 bits per heavy atom. The smallest absolute Gasteiger partial charge is 0.418 e. The molecule has 4 heterocycles. The average Bonchev–Trinajstić information content (AvgIpc) is 3.49. The van der Waals surface area contributed by atoms with Crippen molar-refractivity contribution in [2.24, 2.45) is 4.99 Å². The topological polar surface area (TPSA) is 106 Å². The largest absolute Gasteiger partial charge is 0.497 e. The lowest BCUT2D eigenvalue weighted by Crippen LogP contribution is -2.44. The third kappa shape index (κ3) is 8.82. The second-order valence-corrected chi connectivity index (χ2v) is 16.2. The zero-order chi connectivity index (χ0) is 45.2. The van der Waals surface area contributed by atoms with Crippen LogP contribution in [0, 0.1) is 6.92 Å². The van der Waals surface area contributed by atoms with Gasteiger partial charge in [0, 0.05) is 43.2 Å². The summed E-state index contributed by atoms with van der Waals surface area (Å²) in [7, 11) is 4.81. The molecule has 2 aliphatic heterocycles. The second kappa shape index (κ2) is 18.0. The number of nitrogens with zero attached hydrogens (tertiary/aromatic N) is 5. The number of nitrogens with one attached hydrogen (secondary N) is 2. The van der Waals surface area contributed by atoms with Crippen LogP contribution in [0.1, 0.15) is 52.8 Å². The van der Waals surface area contributed by atoms with Gasteiger partial charge in [0.2, 0.25) is 0 Å². The van der Waals surface area contributed by atoms with Crippen LogP contribution in [0.2, 0.25) is 5.02 Å². The number of hydrogen-bond acceptors (Lipinski definition) is 11. The molecule has 0 radical (unpaired) electrons. The van der Waals surface area contributed by atoms with Gasteiger partial charge in [0.05, 0.1) is 54.4 Å². The van der Waals surface area contributed by atoms with Crippen LogP contribution >= 0.6 is 11.6 Å². The number of methoxy groups -OCH3 is 3. The molecule has 0 aliphatic carbocycles. The Kier molecular flexibility index (Phi) is 12.3. The number of aryl methyl sites for hydroxylation is 1. The zero-order valence-corrected chi connectivity index (χ0v) is 36.9. The summed E-state index contributed by atoms with van der Waals surface area (Å²) in [6, 6.07) is 29.7.